The maximum Gasteiger partial charge on any atom is 0.254 e. The molecule has 1 unspecified atom stereocenters. The molecule has 0 bridgehead atoms. The number of nitrogens with one attached hydrogen (secondary N) is 1. The summed E-state index contributed by atoms with van der Waals surface area (Å²) in [5, 5.41) is 2.54. The van der Waals surface area contributed by atoms with E-state index in [9.17, 15) is 18.0 Å². The van der Waals surface area contributed by atoms with Crippen molar-refractivity contribution in [2.45, 2.75) is 38.1 Å². The van der Waals surface area contributed by atoms with Crippen molar-refractivity contribution in [1.82, 2.24) is 4.98 Å². The van der Waals surface area contributed by atoms with Crippen LogP contribution in [0.5, 0.6) is 5.75 Å². The minimum atomic E-state index is -1.13. The summed E-state index contributed by atoms with van der Waals surface area (Å²) in [5.74, 6) is -4.59. The quantitative estimate of drug-likeness (QED) is 0.744. The molecule has 3 heterocycles. The smallest absolute Gasteiger partial charge is 0.254 e. The molecule has 2 aromatic rings. The summed E-state index contributed by atoms with van der Waals surface area (Å²) in [6.07, 6.45) is -0.588. The highest BCUT2D eigenvalue weighted by Crippen LogP contribution is 2.45. The van der Waals surface area contributed by atoms with Crippen molar-refractivity contribution in [2.24, 2.45) is 5.92 Å². The van der Waals surface area contributed by atoms with E-state index < -0.39 is 35.4 Å². The normalized spacial score (nSPS) is 27.7. The first-order chi connectivity index (χ1) is 14.3. The van der Waals surface area contributed by atoms with Crippen molar-refractivity contribution in [3.05, 3.63) is 53.1 Å². The summed E-state index contributed by atoms with van der Waals surface area (Å²) >= 11 is 0. The van der Waals surface area contributed by atoms with E-state index in [4.69, 9.17) is 14.2 Å². The van der Waals surface area contributed by atoms with E-state index in [1.165, 1.54) is 19.2 Å². The van der Waals surface area contributed by atoms with Gasteiger partial charge >= 0.3 is 0 Å². The van der Waals surface area contributed by atoms with Gasteiger partial charge in [0.05, 0.1) is 37.4 Å². The van der Waals surface area contributed by atoms with Crippen molar-refractivity contribution < 1.29 is 32.2 Å². The Hall–Kier alpha value is -2.65. The lowest BCUT2D eigenvalue weighted by Crippen LogP contribution is -2.33. The van der Waals surface area contributed by atoms with Crippen molar-refractivity contribution >= 4 is 11.6 Å². The highest BCUT2D eigenvalue weighted by atomic mass is 19.2. The summed E-state index contributed by atoms with van der Waals surface area (Å²) in [6, 6.07) is 3.79. The van der Waals surface area contributed by atoms with Crippen LogP contribution in [0.1, 0.15) is 37.1 Å². The Morgan fingerprint density at radius 3 is 2.63 bits per heavy atom. The zero-order chi connectivity index (χ0) is 21.6. The number of hydrogen-bond donors (Lipinski definition) is 1. The molecule has 6 nitrogen and oxygen atoms in total. The number of anilines is 1. The van der Waals surface area contributed by atoms with Crippen LogP contribution in [-0.4, -0.2) is 36.8 Å². The molecule has 1 N–H and O–H groups in total. The Morgan fingerprint density at radius 2 is 1.97 bits per heavy atom. The number of carbonyl (C=O) groups is 1. The second-order valence-corrected chi connectivity index (χ2v) is 7.53. The highest BCUT2D eigenvalue weighted by Gasteiger charge is 2.46. The number of epoxide rings is 1. The van der Waals surface area contributed by atoms with Gasteiger partial charge in [-0.1, -0.05) is 13.0 Å². The number of aromatic nitrogens is 1. The minimum Gasteiger partial charge on any atom is -0.493 e. The Bertz CT molecular complexity index is 983. The SMILES string of the molecule is COc1c([C@@H]2[C@H](C)[C@@H](C)O[C@H]2C(=O)Nc2cc(C3CO3)ncc2F)ccc(F)c1F. The fourth-order valence-electron chi connectivity index (χ4n) is 3.85. The number of nitrogens with zero attached hydrogens (tertiary/aromatic N) is 1. The van der Waals surface area contributed by atoms with Gasteiger partial charge in [-0.2, -0.15) is 4.39 Å². The van der Waals surface area contributed by atoms with E-state index >= 15 is 0 Å². The highest BCUT2D eigenvalue weighted by molar-refractivity contribution is 5.95. The second kappa shape index (κ2) is 7.88. The fraction of sp³-hybridized carbons (Fsp3) is 0.429. The lowest BCUT2D eigenvalue weighted by atomic mass is 9.82. The molecule has 160 valence electrons. The third kappa shape index (κ3) is 3.63. The first kappa shape index (κ1) is 20.6. The van der Waals surface area contributed by atoms with Crippen molar-refractivity contribution in [2.75, 3.05) is 19.0 Å². The summed E-state index contributed by atoms with van der Waals surface area (Å²) in [7, 11) is 1.23. The number of pyridine rings is 1. The van der Waals surface area contributed by atoms with Gasteiger partial charge in [-0.15, -0.1) is 0 Å². The van der Waals surface area contributed by atoms with Gasteiger partial charge in [0, 0.05) is 11.5 Å². The van der Waals surface area contributed by atoms with Crippen molar-refractivity contribution in [1.29, 1.82) is 0 Å². The monoisotopic (exact) mass is 422 g/mol. The molecule has 9 heteroatoms. The Kier molecular flexibility index (Phi) is 5.42. The van der Waals surface area contributed by atoms with Crippen molar-refractivity contribution in [3.8, 4) is 5.75 Å². The average Bonchev–Trinajstić information content (AvgIpc) is 3.52. The van der Waals surface area contributed by atoms with Gasteiger partial charge in [-0.05, 0) is 25.0 Å². The van der Waals surface area contributed by atoms with Crippen LogP contribution in [0.2, 0.25) is 0 Å². The van der Waals surface area contributed by atoms with Crippen LogP contribution in [-0.2, 0) is 14.3 Å². The first-order valence-electron chi connectivity index (χ1n) is 9.57. The van der Waals surface area contributed by atoms with Crippen LogP contribution in [0.25, 0.3) is 0 Å². The molecule has 1 aromatic heterocycles. The van der Waals surface area contributed by atoms with Gasteiger partial charge in [0.2, 0.25) is 5.82 Å². The largest absolute Gasteiger partial charge is 0.493 e. The molecule has 5 atom stereocenters. The van der Waals surface area contributed by atoms with Gasteiger partial charge < -0.3 is 19.5 Å². The molecule has 0 radical (unpaired) electrons. The Labute approximate surface area is 171 Å². The van der Waals surface area contributed by atoms with E-state index in [0.29, 0.717) is 17.9 Å². The molecule has 30 heavy (non-hydrogen) atoms. The van der Waals surface area contributed by atoms with Gasteiger partial charge in [-0.3, -0.25) is 9.78 Å². The number of ether oxygens (including phenoxy) is 3. The number of rotatable bonds is 5. The molecular formula is C21H21F3N2O4. The number of hydrogen-bond acceptors (Lipinski definition) is 5. The molecule has 1 amide bonds. The van der Waals surface area contributed by atoms with E-state index in [2.05, 4.69) is 10.3 Å². The van der Waals surface area contributed by atoms with Crippen molar-refractivity contribution in [3.63, 3.8) is 0 Å². The van der Waals surface area contributed by atoms with Crippen LogP contribution in [0.3, 0.4) is 0 Å². The Balaban J connectivity index is 1.65. The summed E-state index contributed by atoms with van der Waals surface area (Å²) < 4.78 is 58.2. The second-order valence-electron chi connectivity index (χ2n) is 7.53. The zero-order valence-electron chi connectivity index (χ0n) is 16.6. The number of amides is 1. The van der Waals surface area contributed by atoms with Gasteiger partial charge in [0.15, 0.2) is 17.4 Å². The summed E-state index contributed by atoms with van der Waals surface area (Å²) in [4.78, 5) is 17.0. The lowest BCUT2D eigenvalue weighted by molar-refractivity contribution is -0.127. The maximum atomic E-state index is 14.3. The fourth-order valence-corrected chi connectivity index (χ4v) is 3.85. The van der Waals surface area contributed by atoms with Crippen LogP contribution in [0.4, 0.5) is 18.9 Å². The molecular weight excluding hydrogens is 401 g/mol. The molecule has 1 aromatic carbocycles. The van der Waals surface area contributed by atoms with E-state index in [0.717, 1.165) is 12.3 Å². The summed E-state index contributed by atoms with van der Waals surface area (Å²) in [6.45, 7) is 4.12. The molecule has 2 aliphatic heterocycles. The summed E-state index contributed by atoms with van der Waals surface area (Å²) in [5.41, 5.74) is 0.780. The van der Waals surface area contributed by atoms with Crippen LogP contribution in [0.15, 0.2) is 24.4 Å². The number of halogens is 3. The Morgan fingerprint density at radius 1 is 1.23 bits per heavy atom. The first-order valence-corrected chi connectivity index (χ1v) is 9.57. The predicted octanol–water partition coefficient (Wildman–Crippen LogP) is 3.72. The van der Waals surface area contributed by atoms with Gasteiger partial charge in [0.25, 0.3) is 5.91 Å². The van der Waals surface area contributed by atoms with Gasteiger partial charge in [-0.25, -0.2) is 8.78 Å². The predicted molar refractivity (Wildman–Crippen MR) is 101 cm³/mol. The van der Waals surface area contributed by atoms with Crippen LogP contribution in [0, 0.1) is 23.4 Å². The molecule has 2 saturated heterocycles. The van der Waals surface area contributed by atoms with E-state index in [1.54, 1.807) is 6.92 Å². The molecule has 4 rings (SSSR count). The molecule has 2 fully saturated rings. The van der Waals surface area contributed by atoms with Crippen LogP contribution < -0.4 is 10.1 Å². The standard InChI is InChI=1S/C21H21F3N2O4/c1-9-10(2)30-20(17(9)11-4-5-12(22)18(24)19(11)28-3)21(27)26-14-6-15(16-8-29-16)25-7-13(14)23/h4-7,9-10,16-17,20H,8H2,1-3H3,(H,25,26,27)/t9-,10-,16?,17+,20-/m1/s1. The third-order valence-electron chi connectivity index (χ3n) is 5.69. The minimum absolute atomic E-state index is 0.0488. The molecule has 0 spiro atoms. The lowest BCUT2D eigenvalue weighted by Gasteiger charge is -2.23. The molecule has 0 aliphatic carbocycles. The van der Waals surface area contributed by atoms with Gasteiger partial charge in [0.1, 0.15) is 12.2 Å². The average molecular weight is 422 g/mol. The van der Waals surface area contributed by atoms with Crippen LogP contribution >= 0.6 is 0 Å². The maximum absolute atomic E-state index is 14.3. The molecule has 0 saturated carbocycles. The topological polar surface area (TPSA) is 73.0 Å². The number of methoxy groups -OCH3 is 1. The van der Waals surface area contributed by atoms with E-state index in [-0.39, 0.29) is 29.6 Å². The third-order valence-corrected chi connectivity index (χ3v) is 5.69. The van der Waals surface area contributed by atoms with E-state index in [1.807, 2.05) is 6.92 Å². The zero-order valence-corrected chi connectivity index (χ0v) is 16.6. The number of benzene rings is 1. The molecule has 2 aliphatic rings. The number of carbonyl (C=O) groups excluding carboxylic acids is 1.